The van der Waals surface area contributed by atoms with Crippen LogP contribution in [0.15, 0.2) is 18.6 Å². The predicted molar refractivity (Wildman–Crippen MR) is 71.0 cm³/mol. The van der Waals surface area contributed by atoms with E-state index in [1.165, 1.54) is 6.33 Å². The van der Waals surface area contributed by atoms with Crippen molar-refractivity contribution in [3.63, 3.8) is 0 Å². The second kappa shape index (κ2) is 5.47. The average molecular weight is 260 g/mol. The molecule has 0 saturated heterocycles. The standard InChI is InChI=1S/C12H16N6O/c1-3-4-8-10(13)15-7-16-11(8)18-6-5-9(17-18)12(19)14-2/h5-7H,3-4H2,1-2H3,(H,14,19)(H2,13,15,16). The molecule has 0 aliphatic rings. The highest BCUT2D eigenvalue weighted by molar-refractivity contribution is 5.91. The van der Waals surface area contributed by atoms with Crippen LogP contribution in [-0.4, -0.2) is 32.7 Å². The molecule has 7 heteroatoms. The average Bonchev–Trinajstić information content (AvgIpc) is 2.90. The first kappa shape index (κ1) is 13.0. The van der Waals surface area contributed by atoms with Gasteiger partial charge in [0.1, 0.15) is 12.1 Å². The molecule has 0 spiro atoms. The summed E-state index contributed by atoms with van der Waals surface area (Å²) in [5.74, 6) is 0.825. The Kier molecular flexibility index (Phi) is 3.74. The van der Waals surface area contributed by atoms with Gasteiger partial charge in [-0.1, -0.05) is 13.3 Å². The zero-order valence-electron chi connectivity index (χ0n) is 10.9. The highest BCUT2D eigenvalue weighted by atomic mass is 16.1. The molecular weight excluding hydrogens is 244 g/mol. The maximum absolute atomic E-state index is 11.5. The minimum absolute atomic E-state index is 0.238. The van der Waals surface area contributed by atoms with Crippen LogP contribution < -0.4 is 11.1 Å². The third-order valence-electron chi connectivity index (χ3n) is 2.72. The van der Waals surface area contributed by atoms with Crippen LogP contribution in [0.25, 0.3) is 5.82 Å². The number of amides is 1. The Labute approximate surface area is 110 Å². The van der Waals surface area contributed by atoms with Crippen molar-refractivity contribution >= 4 is 11.7 Å². The highest BCUT2D eigenvalue weighted by Crippen LogP contribution is 2.17. The molecule has 0 aromatic carbocycles. The van der Waals surface area contributed by atoms with Crippen LogP contribution in [0.3, 0.4) is 0 Å². The molecule has 0 aliphatic carbocycles. The van der Waals surface area contributed by atoms with Crippen molar-refractivity contribution in [1.82, 2.24) is 25.1 Å². The van der Waals surface area contributed by atoms with E-state index in [1.807, 2.05) is 0 Å². The number of nitrogens with two attached hydrogens (primary N) is 1. The number of hydrogen-bond donors (Lipinski definition) is 2. The molecule has 19 heavy (non-hydrogen) atoms. The van der Waals surface area contributed by atoms with E-state index in [4.69, 9.17) is 5.73 Å². The number of anilines is 1. The molecule has 0 bridgehead atoms. The predicted octanol–water partition coefficient (Wildman–Crippen LogP) is 0.557. The maximum Gasteiger partial charge on any atom is 0.271 e. The van der Waals surface area contributed by atoms with Gasteiger partial charge in [-0.3, -0.25) is 4.79 Å². The lowest BCUT2D eigenvalue weighted by Gasteiger charge is -2.09. The number of carbonyl (C=O) groups is 1. The molecule has 3 N–H and O–H groups in total. The SMILES string of the molecule is CCCc1c(N)ncnc1-n1ccc(C(=O)NC)n1. The van der Waals surface area contributed by atoms with Crippen LogP contribution in [0.2, 0.25) is 0 Å². The monoisotopic (exact) mass is 260 g/mol. The Balaban J connectivity index is 2.44. The van der Waals surface area contributed by atoms with Crippen LogP contribution in [-0.2, 0) is 6.42 Å². The molecule has 7 nitrogen and oxygen atoms in total. The highest BCUT2D eigenvalue weighted by Gasteiger charge is 2.13. The fraction of sp³-hybridized carbons (Fsp3) is 0.333. The minimum atomic E-state index is -0.238. The Morgan fingerprint density at radius 3 is 2.95 bits per heavy atom. The molecule has 0 atom stereocenters. The lowest BCUT2D eigenvalue weighted by Crippen LogP contribution is -2.19. The summed E-state index contributed by atoms with van der Waals surface area (Å²) in [5, 5.41) is 6.72. The number of rotatable bonds is 4. The van der Waals surface area contributed by atoms with E-state index in [1.54, 1.807) is 24.0 Å². The lowest BCUT2D eigenvalue weighted by atomic mass is 10.1. The second-order valence-electron chi connectivity index (χ2n) is 4.04. The van der Waals surface area contributed by atoms with E-state index in [2.05, 4.69) is 27.3 Å². The summed E-state index contributed by atoms with van der Waals surface area (Å²) in [6, 6.07) is 1.63. The van der Waals surface area contributed by atoms with Crippen molar-refractivity contribution in [2.24, 2.45) is 0 Å². The van der Waals surface area contributed by atoms with Crippen molar-refractivity contribution in [1.29, 1.82) is 0 Å². The molecule has 1 amide bonds. The quantitative estimate of drug-likeness (QED) is 0.836. The second-order valence-corrected chi connectivity index (χ2v) is 4.04. The Morgan fingerprint density at radius 1 is 1.47 bits per heavy atom. The largest absolute Gasteiger partial charge is 0.383 e. The van der Waals surface area contributed by atoms with E-state index in [0.29, 0.717) is 17.3 Å². The van der Waals surface area contributed by atoms with Crippen molar-refractivity contribution in [2.75, 3.05) is 12.8 Å². The van der Waals surface area contributed by atoms with E-state index < -0.39 is 0 Å². The van der Waals surface area contributed by atoms with Crippen molar-refractivity contribution in [3.05, 3.63) is 29.8 Å². The molecule has 2 aromatic heterocycles. The normalized spacial score (nSPS) is 10.4. The van der Waals surface area contributed by atoms with E-state index in [9.17, 15) is 4.79 Å². The minimum Gasteiger partial charge on any atom is -0.383 e. The van der Waals surface area contributed by atoms with E-state index >= 15 is 0 Å². The lowest BCUT2D eigenvalue weighted by molar-refractivity contribution is 0.0957. The summed E-state index contributed by atoms with van der Waals surface area (Å²) in [6.07, 6.45) is 4.77. The fourth-order valence-electron chi connectivity index (χ4n) is 1.79. The van der Waals surface area contributed by atoms with Gasteiger partial charge in [0, 0.05) is 18.8 Å². The molecular formula is C12H16N6O. The number of nitrogens with one attached hydrogen (secondary N) is 1. The first-order valence-electron chi connectivity index (χ1n) is 6.04. The van der Waals surface area contributed by atoms with Crippen LogP contribution in [0.1, 0.15) is 29.4 Å². The fourth-order valence-corrected chi connectivity index (χ4v) is 1.79. The Hall–Kier alpha value is -2.44. The molecule has 0 saturated carbocycles. The Morgan fingerprint density at radius 2 is 2.26 bits per heavy atom. The number of aromatic nitrogens is 4. The topological polar surface area (TPSA) is 98.7 Å². The van der Waals surface area contributed by atoms with Gasteiger partial charge in [0.25, 0.3) is 5.91 Å². The zero-order valence-corrected chi connectivity index (χ0v) is 10.9. The summed E-state index contributed by atoms with van der Waals surface area (Å²) >= 11 is 0. The third-order valence-corrected chi connectivity index (χ3v) is 2.72. The summed E-state index contributed by atoms with van der Waals surface area (Å²) in [5.41, 5.74) is 7.05. The van der Waals surface area contributed by atoms with Gasteiger partial charge in [-0.05, 0) is 12.5 Å². The molecule has 0 radical (unpaired) electrons. The summed E-state index contributed by atoms with van der Waals surface area (Å²) in [4.78, 5) is 19.7. The van der Waals surface area contributed by atoms with Crippen LogP contribution in [0.4, 0.5) is 5.82 Å². The van der Waals surface area contributed by atoms with Crippen LogP contribution in [0, 0.1) is 0 Å². The van der Waals surface area contributed by atoms with Gasteiger partial charge in [0.2, 0.25) is 0 Å². The molecule has 2 rings (SSSR count). The van der Waals surface area contributed by atoms with Gasteiger partial charge < -0.3 is 11.1 Å². The summed E-state index contributed by atoms with van der Waals surface area (Å²) < 4.78 is 1.55. The van der Waals surface area contributed by atoms with Gasteiger partial charge >= 0.3 is 0 Å². The van der Waals surface area contributed by atoms with Gasteiger partial charge in [0.05, 0.1) is 0 Å². The number of carbonyl (C=O) groups excluding carboxylic acids is 1. The van der Waals surface area contributed by atoms with Crippen molar-refractivity contribution in [3.8, 4) is 5.82 Å². The number of nitrogen functional groups attached to an aromatic ring is 1. The molecule has 100 valence electrons. The molecule has 2 heterocycles. The van der Waals surface area contributed by atoms with Gasteiger partial charge in [0.15, 0.2) is 11.5 Å². The van der Waals surface area contributed by atoms with E-state index in [-0.39, 0.29) is 5.91 Å². The van der Waals surface area contributed by atoms with Gasteiger partial charge in [-0.25, -0.2) is 14.6 Å². The molecule has 2 aromatic rings. The molecule has 0 fully saturated rings. The number of hydrogen-bond acceptors (Lipinski definition) is 5. The molecule has 0 aliphatic heterocycles. The number of nitrogens with zero attached hydrogens (tertiary/aromatic N) is 4. The van der Waals surface area contributed by atoms with Crippen molar-refractivity contribution < 1.29 is 4.79 Å². The van der Waals surface area contributed by atoms with Crippen LogP contribution >= 0.6 is 0 Å². The first-order valence-corrected chi connectivity index (χ1v) is 6.04. The zero-order chi connectivity index (χ0) is 13.8. The maximum atomic E-state index is 11.5. The smallest absolute Gasteiger partial charge is 0.271 e. The summed E-state index contributed by atoms with van der Waals surface area (Å²) in [6.45, 7) is 2.05. The van der Waals surface area contributed by atoms with Crippen LogP contribution in [0.5, 0.6) is 0 Å². The Bertz CT molecular complexity index is 592. The first-order chi connectivity index (χ1) is 9.17. The van der Waals surface area contributed by atoms with Crippen molar-refractivity contribution in [2.45, 2.75) is 19.8 Å². The molecule has 0 unspecified atom stereocenters. The van der Waals surface area contributed by atoms with Gasteiger partial charge in [-0.2, -0.15) is 5.10 Å². The third kappa shape index (κ3) is 2.54. The van der Waals surface area contributed by atoms with Gasteiger partial charge in [-0.15, -0.1) is 0 Å². The summed E-state index contributed by atoms with van der Waals surface area (Å²) in [7, 11) is 1.56. The van der Waals surface area contributed by atoms with E-state index in [0.717, 1.165) is 18.4 Å².